The van der Waals surface area contributed by atoms with Gasteiger partial charge in [-0.25, -0.2) is 4.79 Å². The monoisotopic (exact) mass is 495 g/mol. The molecule has 196 valence electrons. The number of rotatable bonds is 13. The highest BCUT2D eigenvalue weighted by atomic mass is 16.7. The van der Waals surface area contributed by atoms with Gasteiger partial charge in [-0.1, -0.05) is 40.2 Å². The Morgan fingerprint density at radius 2 is 1.43 bits per heavy atom. The molecule has 0 saturated carbocycles. The minimum atomic E-state index is -1.04. The molecule has 0 aliphatic carbocycles. The largest absolute Gasteiger partial charge is 0.508 e. The second kappa shape index (κ2) is 15.0. The van der Waals surface area contributed by atoms with Crippen molar-refractivity contribution in [1.29, 1.82) is 0 Å². The molecule has 1 aromatic carbocycles. The molecule has 2 N–H and O–H groups in total. The number of hydrogen-bond donors (Lipinski definition) is 1. The van der Waals surface area contributed by atoms with E-state index < -0.39 is 42.3 Å². The summed E-state index contributed by atoms with van der Waals surface area (Å²) in [7, 11) is 0. The van der Waals surface area contributed by atoms with Crippen LogP contribution in [0.5, 0.6) is 11.5 Å². The summed E-state index contributed by atoms with van der Waals surface area (Å²) in [6, 6.07) is 3.53. The minimum absolute atomic E-state index is 0.0583. The van der Waals surface area contributed by atoms with E-state index in [9.17, 15) is 19.2 Å². The van der Waals surface area contributed by atoms with Gasteiger partial charge in [-0.15, -0.1) is 0 Å². The fraction of sp³-hybridized carbons (Fsp3) is 0.600. The summed E-state index contributed by atoms with van der Waals surface area (Å²) in [6.45, 7) is 10.6. The van der Waals surface area contributed by atoms with Crippen molar-refractivity contribution in [2.24, 2.45) is 11.7 Å². The van der Waals surface area contributed by atoms with Gasteiger partial charge < -0.3 is 29.4 Å². The fourth-order valence-corrected chi connectivity index (χ4v) is 2.55. The summed E-state index contributed by atoms with van der Waals surface area (Å²) >= 11 is 0. The third-order valence-electron chi connectivity index (χ3n) is 5.22. The van der Waals surface area contributed by atoms with Crippen LogP contribution in [0, 0.1) is 5.92 Å². The van der Waals surface area contributed by atoms with Gasteiger partial charge in [-0.3, -0.25) is 14.4 Å². The van der Waals surface area contributed by atoms with Gasteiger partial charge in [0, 0.05) is 12.8 Å². The Bertz CT molecular complexity index is 870. The Labute approximate surface area is 206 Å². The lowest BCUT2D eigenvalue weighted by molar-refractivity contribution is -0.155. The van der Waals surface area contributed by atoms with Gasteiger partial charge in [0.25, 0.3) is 0 Å². The van der Waals surface area contributed by atoms with Crippen molar-refractivity contribution in [3.8, 4) is 11.5 Å². The molecule has 0 radical (unpaired) electrons. The smallest absolute Gasteiger partial charge is 0.458 e. The average Bonchev–Trinajstić information content (AvgIpc) is 2.83. The van der Waals surface area contributed by atoms with E-state index in [1.807, 2.05) is 13.8 Å². The molecule has 0 fully saturated rings. The quantitative estimate of drug-likeness (QED) is 0.318. The van der Waals surface area contributed by atoms with Gasteiger partial charge in [0.15, 0.2) is 11.5 Å². The Hall–Kier alpha value is -3.14. The molecule has 0 amide bonds. The van der Waals surface area contributed by atoms with Crippen molar-refractivity contribution in [1.82, 2.24) is 0 Å². The van der Waals surface area contributed by atoms with Crippen LogP contribution in [0.4, 0.5) is 4.79 Å². The SMILES string of the molecule is CCC(=O)Oc1ccc(C[C@H](N)C(=O)O[C@@H](C)[C@H](C)OC(=O)OCC(C)CC)cc1OC(=O)CC. The highest BCUT2D eigenvalue weighted by molar-refractivity contribution is 5.77. The summed E-state index contributed by atoms with van der Waals surface area (Å²) in [5.74, 6) is -1.33. The predicted molar refractivity (Wildman–Crippen MR) is 127 cm³/mol. The molecule has 4 atom stereocenters. The van der Waals surface area contributed by atoms with Gasteiger partial charge >= 0.3 is 24.1 Å². The molecule has 0 bridgehead atoms. The second-order valence-electron chi connectivity index (χ2n) is 8.29. The highest BCUT2D eigenvalue weighted by Gasteiger charge is 2.25. The lowest BCUT2D eigenvalue weighted by Gasteiger charge is -2.22. The zero-order valence-electron chi connectivity index (χ0n) is 21.3. The Morgan fingerprint density at radius 3 is 2.00 bits per heavy atom. The normalized spacial score (nSPS) is 14.1. The number of hydrogen-bond acceptors (Lipinski definition) is 10. The van der Waals surface area contributed by atoms with E-state index in [0.717, 1.165) is 6.42 Å². The van der Waals surface area contributed by atoms with Gasteiger partial charge in [-0.2, -0.15) is 0 Å². The van der Waals surface area contributed by atoms with E-state index in [1.54, 1.807) is 33.8 Å². The molecule has 0 heterocycles. The maximum absolute atomic E-state index is 12.5. The van der Waals surface area contributed by atoms with Crippen molar-refractivity contribution < 1.29 is 42.9 Å². The first kappa shape index (κ1) is 29.9. The third kappa shape index (κ3) is 10.8. The Kier molecular flexibility index (Phi) is 12.8. The number of carbonyl (C=O) groups is 4. The van der Waals surface area contributed by atoms with Crippen LogP contribution in [-0.4, -0.2) is 48.9 Å². The first-order valence-corrected chi connectivity index (χ1v) is 11.8. The van der Waals surface area contributed by atoms with Crippen molar-refractivity contribution in [2.45, 2.75) is 85.5 Å². The maximum atomic E-state index is 12.5. The van der Waals surface area contributed by atoms with Crippen LogP contribution in [0.2, 0.25) is 0 Å². The highest BCUT2D eigenvalue weighted by Crippen LogP contribution is 2.30. The van der Waals surface area contributed by atoms with Crippen LogP contribution >= 0.6 is 0 Å². The molecule has 1 rings (SSSR count). The van der Waals surface area contributed by atoms with Crippen molar-refractivity contribution >= 4 is 24.1 Å². The Morgan fingerprint density at radius 1 is 0.857 bits per heavy atom. The van der Waals surface area contributed by atoms with Crippen LogP contribution in [0.3, 0.4) is 0 Å². The van der Waals surface area contributed by atoms with Crippen molar-refractivity contribution in [3.63, 3.8) is 0 Å². The average molecular weight is 496 g/mol. The number of nitrogens with two attached hydrogens (primary N) is 1. The third-order valence-corrected chi connectivity index (χ3v) is 5.22. The van der Waals surface area contributed by atoms with E-state index in [4.69, 9.17) is 29.4 Å². The molecule has 10 nitrogen and oxygen atoms in total. The summed E-state index contributed by atoms with van der Waals surface area (Å²) in [5.41, 5.74) is 6.58. The van der Waals surface area contributed by atoms with Gasteiger partial charge in [0.05, 0.1) is 6.61 Å². The van der Waals surface area contributed by atoms with E-state index in [2.05, 4.69) is 0 Å². The standard InChI is InChI=1S/C25H37NO9/c1-7-15(4)14-31-25(30)33-17(6)16(5)32-24(29)19(26)12-18-10-11-20(34-22(27)8-2)21(13-18)35-23(28)9-3/h10-11,13,15-17,19H,7-9,12,14,26H2,1-6H3/t15?,16-,17-,19-/m0/s1. The summed E-state index contributed by atoms with van der Waals surface area (Å²) < 4.78 is 26.0. The predicted octanol–water partition coefficient (Wildman–Crippen LogP) is 3.71. The van der Waals surface area contributed by atoms with E-state index in [0.29, 0.717) is 5.56 Å². The Balaban J connectivity index is 2.75. The molecule has 0 aromatic heterocycles. The first-order chi connectivity index (χ1) is 16.5. The van der Waals surface area contributed by atoms with Crippen LogP contribution in [0.25, 0.3) is 0 Å². The molecule has 35 heavy (non-hydrogen) atoms. The molecular formula is C25H37NO9. The van der Waals surface area contributed by atoms with E-state index in [-0.39, 0.29) is 43.3 Å². The number of esters is 3. The number of carbonyl (C=O) groups excluding carboxylic acids is 4. The number of benzene rings is 1. The fourth-order valence-electron chi connectivity index (χ4n) is 2.55. The zero-order valence-corrected chi connectivity index (χ0v) is 21.3. The van der Waals surface area contributed by atoms with Gasteiger partial charge in [-0.05, 0) is 43.9 Å². The van der Waals surface area contributed by atoms with Crippen LogP contribution in [0.1, 0.15) is 66.4 Å². The van der Waals surface area contributed by atoms with Crippen LogP contribution in [0.15, 0.2) is 18.2 Å². The van der Waals surface area contributed by atoms with Gasteiger partial charge in [0.1, 0.15) is 18.2 Å². The minimum Gasteiger partial charge on any atom is -0.458 e. The maximum Gasteiger partial charge on any atom is 0.508 e. The topological polar surface area (TPSA) is 140 Å². The molecule has 0 aliphatic rings. The zero-order chi connectivity index (χ0) is 26.5. The second-order valence-corrected chi connectivity index (χ2v) is 8.29. The molecule has 0 aliphatic heterocycles. The first-order valence-electron chi connectivity index (χ1n) is 11.8. The lowest BCUT2D eigenvalue weighted by Crippen LogP contribution is -2.39. The lowest BCUT2D eigenvalue weighted by atomic mass is 10.1. The summed E-state index contributed by atoms with van der Waals surface area (Å²) in [5, 5.41) is 0. The van der Waals surface area contributed by atoms with Gasteiger partial charge in [0.2, 0.25) is 0 Å². The molecule has 1 unspecified atom stereocenters. The number of ether oxygens (including phenoxy) is 5. The molecule has 10 heteroatoms. The molecular weight excluding hydrogens is 458 g/mol. The van der Waals surface area contributed by atoms with Crippen molar-refractivity contribution in [3.05, 3.63) is 23.8 Å². The van der Waals surface area contributed by atoms with Crippen molar-refractivity contribution in [2.75, 3.05) is 6.61 Å². The molecule has 0 saturated heterocycles. The van der Waals surface area contributed by atoms with E-state index >= 15 is 0 Å². The summed E-state index contributed by atoms with van der Waals surface area (Å²) in [6.07, 6.45) is -1.14. The molecule has 1 aromatic rings. The van der Waals surface area contributed by atoms with E-state index in [1.165, 1.54) is 12.1 Å². The van der Waals surface area contributed by atoms with Crippen LogP contribution in [-0.2, 0) is 35.0 Å². The summed E-state index contributed by atoms with van der Waals surface area (Å²) in [4.78, 5) is 47.7. The molecule has 0 spiro atoms. The van der Waals surface area contributed by atoms with Crippen LogP contribution < -0.4 is 15.2 Å².